The molecule has 10 nitrogen and oxygen atoms in total. The van der Waals surface area contributed by atoms with Gasteiger partial charge in [-0.15, -0.1) is 10.2 Å². The first kappa shape index (κ1) is 26.2. The maximum absolute atomic E-state index is 12.3. The van der Waals surface area contributed by atoms with E-state index in [9.17, 15) is 9.59 Å². The number of amides is 2. The quantitative estimate of drug-likeness (QED) is 0.437. The van der Waals surface area contributed by atoms with Gasteiger partial charge in [-0.3, -0.25) is 4.79 Å². The van der Waals surface area contributed by atoms with Gasteiger partial charge >= 0.3 is 6.09 Å². The van der Waals surface area contributed by atoms with Crippen molar-refractivity contribution in [3.05, 3.63) is 35.2 Å². The SMILES string of the molecule is CCCc1cc(C)cc(Nc2cc(N[C@@H]3CCCC[C@@H]3NC(=O)OC(C)(C)C)nnc2C(N)=O)n1. The highest BCUT2D eigenvalue weighted by atomic mass is 16.6. The summed E-state index contributed by atoms with van der Waals surface area (Å²) in [4.78, 5) is 29.0. The fourth-order valence-electron chi connectivity index (χ4n) is 4.19. The highest BCUT2D eigenvalue weighted by molar-refractivity contribution is 5.97. The first-order valence-electron chi connectivity index (χ1n) is 12.2. The van der Waals surface area contributed by atoms with Gasteiger partial charge in [0.2, 0.25) is 0 Å². The molecule has 2 amide bonds. The fraction of sp³-hybridized carbons (Fsp3) is 0.560. The summed E-state index contributed by atoms with van der Waals surface area (Å²) in [6.07, 6.45) is 5.10. The van der Waals surface area contributed by atoms with Gasteiger partial charge in [0.05, 0.1) is 11.7 Å². The molecule has 1 aliphatic carbocycles. The van der Waals surface area contributed by atoms with Crippen molar-refractivity contribution >= 4 is 29.3 Å². The third-order valence-corrected chi connectivity index (χ3v) is 5.62. The van der Waals surface area contributed by atoms with Crippen LogP contribution in [0.3, 0.4) is 0 Å². The third-order valence-electron chi connectivity index (χ3n) is 5.62. The number of nitrogens with one attached hydrogen (secondary N) is 3. The van der Waals surface area contributed by atoms with Gasteiger partial charge in [0.1, 0.15) is 11.4 Å². The number of pyridine rings is 1. The number of ether oxygens (including phenoxy) is 1. The first-order chi connectivity index (χ1) is 16.5. The summed E-state index contributed by atoms with van der Waals surface area (Å²) >= 11 is 0. The number of aryl methyl sites for hydroxylation is 2. The van der Waals surface area contributed by atoms with E-state index in [0.717, 1.165) is 49.8 Å². The summed E-state index contributed by atoms with van der Waals surface area (Å²) in [6.45, 7) is 9.61. The lowest BCUT2D eigenvalue weighted by molar-refractivity contribution is 0.0488. The molecule has 0 aliphatic heterocycles. The second kappa shape index (κ2) is 11.3. The minimum atomic E-state index is -0.685. The van der Waals surface area contributed by atoms with Crippen molar-refractivity contribution in [2.75, 3.05) is 10.6 Å². The number of hydrogen-bond acceptors (Lipinski definition) is 8. The first-order valence-corrected chi connectivity index (χ1v) is 12.2. The van der Waals surface area contributed by atoms with Crippen molar-refractivity contribution in [3.8, 4) is 0 Å². The van der Waals surface area contributed by atoms with E-state index in [2.05, 4.69) is 38.1 Å². The molecule has 2 aromatic rings. The Morgan fingerprint density at radius 1 is 1.09 bits per heavy atom. The Bertz CT molecular complexity index is 1050. The summed E-state index contributed by atoms with van der Waals surface area (Å²) in [6, 6.07) is 5.46. The monoisotopic (exact) mass is 483 g/mol. The second-order valence-corrected chi connectivity index (χ2v) is 10.0. The Morgan fingerprint density at radius 3 is 2.46 bits per heavy atom. The van der Waals surface area contributed by atoms with E-state index >= 15 is 0 Å². The normalized spacial score (nSPS) is 18.0. The van der Waals surface area contributed by atoms with E-state index in [1.165, 1.54) is 0 Å². The molecule has 1 aliphatic rings. The molecule has 0 spiro atoms. The van der Waals surface area contributed by atoms with Gasteiger partial charge in [-0.25, -0.2) is 9.78 Å². The Labute approximate surface area is 206 Å². The minimum Gasteiger partial charge on any atom is -0.444 e. The minimum absolute atomic E-state index is 0.0305. The van der Waals surface area contributed by atoms with Crippen LogP contribution in [0.5, 0.6) is 0 Å². The van der Waals surface area contributed by atoms with Crippen molar-refractivity contribution in [2.45, 2.75) is 90.8 Å². The van der Waals surface area contributed by atoms with Gasteiger partial charge in [0, 0.05) is 17.8 Å². The number of nitrogens with zero attached hydrogens (tertiary/aromatic N) is 3. The van der Waals surface area contributed by atoms with Gasteiger partial charge < -0.3 is 26.4 Å². The molecule has 2 heterocycles. The van der Waals surface area contributed by atoms with Crippen molar-refractivity contribution in [2.24, 2.45) is 5.73 Å². The Morgan fingerprint density at radius 2 is 1.80 bits per heavy atom. The van der Waals surface area contributed by atoms with E-state index in [1.54, 1.807) is 6.07 Å². The number of carbonyl (C=O) groups excluding carboxylic acids is 2. The van der Waals surface area contributed by atoms with Crippen LogP contribution in [0.2, 0.25) is 0 Å². The number of hydrogen-bond donors (Lipinski definition) is 4. The number of nitrogens with two attached hydrogens (primary N) is 1. The molecule has 2 atom stereocenters. The van der Waals surface area contributed by atoms with Crippen LogP contribution in [0.1, 0.15) is 81.5 Å². The predicted octanol–water partition coefficient (Wildman–Crippen LogP) is 4.22. The third kappa shape index (κ3) is 7.80. The van der Waals surface area contributed by atoms with Crippen molar-refractivity contribution in [1.82, 2.24) is 20.5 Å². The molecule has 3 rings (SSSR count). The maximum Gasteiger partial charge on any atom is 0.407 e. The molecule has 0 aromatic carbocycles. The van der Waals surface area contributed by atoms with E-state index in [1.807, 2.05) is 39.8 Å². The molecule has 35 heavy (non-hydrogen) atoms. The van der Waals surface area contributed by atoms with Crippen LogP contribution in [0.15, 0.2) is 18.2 Å². The van der Waals surface area contributed by atoms with Crippen LogP contribution in [0.4, 0.5) is 22.1 Å². The highest BCUT2D eigenvalue weighted by Gasteiger charge is 2.29. The van der Waals surface area contributed by atoms with E-state index < -0.39 is 17.6 Å². The molecule has 0 radical (unpaired) electrons. The Hall–Kier alpha value is -3.43. The molecule has 1 fully saturated rings. The summed E-state index contributed by atoms with van der Waals surface area (Å²) < 4.78 is 5.43. The predicted molar refractivity (Wildman–Crippen MR) is 136 cm³/mol. The maximum atomic E-state index is 12.3. The van der Waals surface area contributed by atoms with Crippen molar-refractivity contribution in [1.29, 1.82) is 0 Å². The van der Waals surface area contributed by atoms with Crippen LogP contribution in [-0.2, 0) is 11.2 Å². The molecular formula is C25H37N7O3. The van der Waals surface area contributed by atoms with Crippen molar-refractivity contribution in [3.63, 3.8) is 0 Å². The van der Waals surface area contributed by atoms with E-state index in [-0.39, 0.29) is 17.8 Å². The van der Waals surface area contributed by atoms with Crippen LogP contribution in [0, 0.1) is 6.92 Å². The van der Waals surface area contributed by atoms with Gasteiger partial charge in [-0.1, -0.05) is 26.2 Å². The fourth-order valence-corrected chi connectivity index (χ4v) is 4.19. The lowest BCUT2D eigenvalue weighted by Gasteiger charge is -2.33. The van der Waals surface area contributed by atoms with Crippen LogP contribution >= 0.6 is 0 Å². The zero-order chi connectivity index (χ0) is 25.6. The number of rotatable bonds is 8. The van der Waals surface area contributed by atoms with Gasteiger partial charge in [-0.05, 0) is 64.7 Å². The summed E-state index contributed by atoms with van der Waals surface area (Å²) in [7, 11) is 0. The number of carbonyl (C=O) groups is 2. The average molecular weight is 484 g/mol. The second-order valence-electron chi connectivity index (χ2n) is 10.0. The molecular weight excluding hydrogens is 446 g/mol. The Kier molecular flexibility index (Phi) is 8.48. The molecule has 5 N–H and O–H groups in total. The summed E-state index contributed by atoms with van der Waals surface area (Å²) in [5.41, 5.74) is 7.46. The molecule has 190 valence electrons. The molecule has 0 bridgehead atoms. The lowest BCUT2D eigenvalue weighted by Crippen LogP contribution is -2.49. The van der Waals surface area contributed by atoms with Crippen LogP contribution in [0.25, 0.3) is 0 Å². The number of anilines is 3. The van der Waals surface area contributed by atoms with Gasteiger partial charge in [0.25, 0.3) is 5.91 Å². The number of aromatic nitrogens is 3. The zero-order valence-corrected chi connectivity index (χ0v) is 21.3. The smallest absolute Gasteiger partial charge is 0.407 e. The van der Waals surface area contributed by atoms with Crippen molar-refractivity contribution < 1.29 is 14.3 Å². The van der Waals surface area contributed by atoms with Crippen LogP contribution in [-0.4, -0.2) is 44.9 Å². The highest BCUT2D eigenvalue weighted by Crippen LogP contribution is 2.26. The molecule has 0 unspecified atom stereocenters. The largest absolute Gasteiger partial charge is 0.444 e. The Balaban J connectivity index is 1.80. The standard InChI is InChI=1S/C25H37N7O3/c1-6-9-16-12-15(2)13-20(27-16)29-19-14-21(31-32-22(19)23(26)33)28-17-10-7-8-11-18(17)30-24(34)35-25(3,4)5/h12-14,17-18H,6-11H2,1-5H3,(H2,26,33)(H,30,34)(H2,27,28,29,31)/t17-,18+/m1/s1. The van der Waals surface area contributed by atoms with E-state index in [0.29, 0.717) is 17.3 Å². The summed E-state index contributed by atoms with van der Waals surface area (Å²) in [5.74, 6) is 0.397. The van der Waals surface area contributed by atoms with Gasteiger partial charge in [-0.2, -0.15) is 0 Å². The number of alkyl carbamates (subject to hydrolysis) is 1. The molecule has 2 aromatic heterocycles. The molecule has 0 saturated heterocycles. The zero-order valence-electron chi connectivity index (χ0n) is 21.3. The lowest BCUT2D eigenvalue weighted by atomic mass is 9.90. The van der Waals surface area contributed by atoms with E-state index in [4.69, 9.17) is 10.5 Å². The summed E-state index contributed by atoms with van der Waals surface area (Å²) in [5, 5.41) is 17.8. The number of primary amides is 1. The average Bonchev–Trinajstić information content (AvgIpc) is 2.73. The van der Waals surface area contributed by atoms with Crippen LogP contribution < -0.4 is 21.7 Å². The topological polar surface area (TPSA) is 144 Å². The molecule has 1 saturated carbocycles. The van der Waals surface area contributed by atoms with Gasteiger partial charge in [0.15, 0.2) is 11.5 Å². The molecule has 10 heteroatoms.